The third-order valence-electron chi connectivity index (χ3n) is 3.90. The molecule has 1 atom stereocenters. The van der Waals surface area contributed by atoms with Gasteiger partial charge in [0.2, 0.25) is 10.0 Å². The smallest absolute Gasteiger partial charge is 0.214 e. The average Bonchev–Trinajstić information content (AvgIpc) is 3.09. The summed E-state index contributed by atoms with van der Waals surface area (Å²) in [5, 5.41) is 5.33. The van der Waals surface area contributed by atoms with E-state index in [1.54, 1.807) is 13.8 Å². The van der Waals surface area contributed by atoms with Crippen molar-refractivity contribution < 1.29 is 8.42 Å². The van der Waals surface area contributed by atoms with Gasteiger partial charge in [0.25, 0.3) is 0 Å². The highest BCUT2D eigenvalue weighted by Gasteiger charge is 2.40. The molecule has 18 heavy (non-hydrogen) atoms. The van der Waals surface area contributed by atoms with E-state index in [0.29, 0.717) is 18.3 Å². The Bertz CT molecular complexity index is 504. The standard InChI is InChI=1S/C14H21NO2S/c1-14(2,18(15,16)17)10-13(12-8-9-12)11-6-4-3-5-7-11/h3-7,12-13H,8-10H2,1-2H3,(H2,15,16,17)/t13-/m1/s1. The monoisotopic (exact) mass is 267 g/mol. The Morgan fingerprint density at radius 2 is 1.83 bits per heavy atom. The zero-order chi connectivity index (χ0) is 13.4. The Kier molecular flexibility index (Phi) is 3.52. The molecule has 2 rings (SSSR count). The molecule has 4 heteroatoms. The zero-order valence-electron chi connectivity index (χ0n) is 11.0. The lowest BCUT2D eigenvalue weighted by Crippen LogP contribution is -2.39. The molecule has 0 aliphatic heterocycles. The highest BCUT2D eigenvalue weighted by Crippen LogP contribution is 2.47. The molecule has 1 aliphatic rings. The van der Waals surface area contributed by atoms with E-state index in [1.165, 1.54) is 18.4 Å². The number of hydrogen-bond donors (Lipinski definition) is 1. The third kappa shape index (κ3) is 2.93. The van der Waals surface area contributed by atoms with Gasteiger partial charge >= 0.3 is 0 Å². The second-order valence-corrected chi connectivity index (χ2v) is 8.06. The minimum absolute atomic E-state index is 0.305. The van der Waals surface area contributed by atoms with Gasteiger partial charge in [0, 0.05) is 0 Å². The van der Waals surface area contributed by atoms with Crippen molar-refractivity contribution in [2.24, 2.45) is 11.1 Å². The molecule has 0 amide bonds. The molecular weight excluding hydrogens is 246 g/mol. The summed E-state index contributed by atoms with van der Waals surface area (Å²) in [6, 6.07) is 10.2. The van der Waals surface area contributed by atoms with Gasteiger partial charge < -0.3 is 0 Å². The molecule has 1 aromatic carbocycles. The van der Waals surface area contributed by atoms with E-state index in [1.807, 2.05) is 18.2 Å². The molecule has 0 spiro atoms. The van der Waals surface area contributed by atoms with Crippen molar-refractivity contribution in [3.05, 3.63) is 35.9 Å². The molecule has 0 heterocycles. The third-order valence-corrected chi connectivity index (χ3v) is 5.61. The summed E-state index contributed by atoms with van der Waals surface area (Å²) in [4.78, 5) is 0. The molecule has 3 nitrogen and oxygen atoms in total. The lowest BCUT2D eigenvalue weighted by Gasteiger charge is -2.28. The van der Waals surface area contributed by atoms with Gasteiger partial charge in [-0.1, -0.05) is 30.3 Å². The molecule has 1 fully saturated rings. The number of rotatable bonds is 5. The maximum atomic E-state index is 11.6. The van der Waals surface area contributed by atoms with Crippen LogP contribution in [0.4, 0.5) is 0 Å². The van der Waals surface area contributed by atoms with Crippen LogP contribution in [-0.2, 0) is 10.0 Å². The molecular formula is C14H21NO2S. The van der Waals surface area contributed by atoms with Crippen LogP contribution in [0.2, 0.25) is 0 Å². The molecule has 0 saturated heterocycles. The van der Waals surface area contributed by atoms with Crippen LogP contribution >= 0.6 is 0 Å². The summed E-state index contributed by atoms with van der Waals surface area (Å²) in [5.41, 5.74) is 1.23. The van der Waals surface area contributed by atoms with E-state index in [0.717, 1.165) is 0 Å². The lowest BCUT2D eigenvalue weighted by molar-refractivity contribution is 0.459. The van der Waals surface area contributed by atoms with Crippen LogP contribution in [0.25, 0.3) is 0 Å². The van der Waals surface area contributed by atoms with Crippen LogP contribution in [0.3, 0.4) is 0 Å². The highest BCUT2D eigenvalue weighted by atomic mass is 32.2. The molecule has 2 N–H and O–H groups in total. The number of primary sulfonamides is 1. The van der Waals surface area contributed by atoms with Gasteiger partial charge in [-0.3, -0.25) is 0 Å². The minimum Gasteiger partial charge on any atom is -0.228 e. The van der Waals surface area contributed by atoms with Crippen molar-refractivity contribution in [2.75, 3.05) is 0 Å². The van der Waals surface area contributed by atoms with Crippen LogP contribution in [-0.4, -0.2) is 13.2 Å². The molecule has 100 valence electrons. The van der Waals surface area contributed by atoms with E-state index in [2.05, 4.69) is 12.1 Å². The van der Waals surface area contributed by atoms with Crippen molar-refractivity contribution in [3.8, 4) is 0 Å². The first-order valence-corrected chi connectivity index (χ1v) is 7.93. The van der Waals surface area contributed by atoms with Crippen molar-refractivity contribution in [2.45, 2.75) is 43.8 Å². The van der Waals surface area contributed by atoms with Gasteiger partial charge in [0.05, 0.1) is 4.75 Å². The van der Waals surface area contributed by atoms with E-state index in [-0.39, 0.29) is 0 Å². The largest absolute Gasteiger partial charge is 0.228 e. The second kappa shape index (κ2) is 4.67. The summed E-state index contributed by atoms with van der Waals surface area (Å²) < 4.78 is 22.4. The molecule has 0 aromatic heterocycles. The highest BCUT2D eigenvalue weighted by molar-refractivity contribution is 7.90. The summed E-state index contributed by atoms with van der Waals surface area (Å²) >= 11 is 0. The first-order valence-electron chi connectivity index (χ1n) is 6.38. The topological polar surface area (TPSA) is 60.2 Å². The van der Waals surface area contributed by atoms with Gasteiger partial charge in [-0.15, -0.1) is 0 Å². The quantitative estimate of drug-likeness (QED) is 0.891. The van der Waals surface area contributed by atoms with E-state index < -0.39 is 14.8 Å². The SMILES string of the molecule is CC(C)(C[C@H](c1ccccc1)C1CC1)S(N)(=O)=O. The van der Waals surface area contributed by atoms with Crippen molar-refractivity contribution >= 4 is 10.0 Å². The van der Waals surface area contributed by atoms with E-state index in [4.69, 9.17) is 5.14 Å². The van der Waals surface area contributed by atoms with Crippen LogP contribution in [0, 0.1) is 5.92 Å². The van der Waals surface area contributed by atoms with Gasteiger partial charge in [-0.25, -0.2) is 13.6 Å². The number of benzene rings is 1. The van der Waals surface area contributed by atoms with Gasteiger partial charge in [-0.05, 0) is 50.5 Å². The Balaban J connectivity index is 2.23. The Morgan fingerprint density at radius 1 is 1.28 bits per heavy atom. The van der Waals surface area contributed by atoms with E-state index >= 15 is 0 Å². The molecule has 1 aliphatic carbocycles. The normalized spacial score (nSPS) is 18.6. The van der Waals surface area contributed by atoms with Gasteiger partial charge in [-0.2, -0.15) is 0 Å². The Morgan fingerprint density at radius 3 is 2.28 bits per heavy atom. The fourth-order valence-electron chi connectivity index (χ4n) is 2.40. The number of sulfonamides is 1. The first kappa shape index (κ1) is 13.6. The van der Waals surface area contributed by atoms with E-state index in [9.17, 15) is 8.42 Å². The maximum absolute atomic E-state index is 11.6. The second-order valence-electron chi connectivity index (χ2n) is 5.86. The molecule has 0 radical (unpaired) electrons. The molecule has 0 bridgehead atoms. The van der Waals surface area contributed by atoms with Crippen LogP contribution in [0.15, 0.2) is 30.3 Å². The predicted molar refractivity (Wildman–Crippen MR) is 73.7 cm³/mol. The number of hydrogen-bond acceptors (Lipinski definition) is 2. The van der Waals surface area contributed by atoms with Crippen molar-refractivity contribution in [1.29, 1.82) is 0 Å². The van der Waals surface area contributed by atoms with Gasteiger partial charge in [0.15, 0.2) is 0 Å². The molecule has 0 unspecified atom stereocenters. The molecule has 1 saturated carbocycles. The fourth-order valence-corrected chi connectivity index (χ4v) is 2.81. The summed E-state index contributed by atoms with van der Waals surface area (Å²) in [6.07, 6.45) is 2.99. The number of nitrogens with two attached hydrogens (primary N) is 1. The average molecular weight is 267 g/mol. The van der Waals surface area contributed by atoms with Gasteiger partial charge in [0.1, 0.15) is 0 Å². The summed E-state index contributed by atoms with van der Waals surface area (Å²) in [5.74, 6) is 0.924. The van der Waals surface area contributed by atoms with Crippen molar-refractivity contribution in [1.82, 2.24) is 0 Å². The molecule has 1 aromatic rings. The first-order chi connectivity index (χ1) is 8.31. The summed E-state index contributed by atoms with van der Waals surface area (Å²) in [7, 11) is -3.51. The van der Waals surface area contributed by atoms with Crippen LogP contribution < -0.4 is 5.14 Å². The Hall–Kier alpha value is -0.870. The Labute approximate surface area is 109 Å². The van der Waals surface area contributed by atoms with Crippen LogP contribution in [0.5, 0.6) is 0 Å². The maximum Gasteiger partial charge on any atom is 0.214 e. The van der Waals surface area contributed by atoms with Crippen LogP contribution in [0.1, 0.15) is 44.6 Å². The summed E-state index contributed by atoms with van der Waals surface area (Å²) in [6.45, 7) is 3.45. The fraction of sp³-hybridized carbons (Fsp3) is 0.571. The van der Waals surface area contributed by atoms with Crippen molar-refractivity contribution in [3.63, 3.8) is 0 Å². The zero-order valence-corrected chi connectivity index (χ0v) is 11.8. The lowest BCUT2D eigenvalue weighted by atomic mass is 9.86. The predicted octanol–water partition coefficient (Wildman–Crippen LogP) is 2.64. The minimum atomic E-state index is -3.51.